The lowest BCUT2D eigenvalue weighted by molar-refractivity contribution is 0.163. The third-order valence-corrected chi connectivity index (χ3v) is 5.85. The van der Waals surface area contributed by atoms with Gasteiger partial charge in [0.15, 0.2) is 5.82 Å². The van der Waals surface area contributed by atoms with Crippen LogP contribution in [0.5, 0.6) is 0 Å². The molecule has 0 aliphatic carbocycles. The summed E-state index contributed by atoms with van der Waals surface area (Å²) in [5, 5.41) is 13.9. The van der Waals surface area contributed by atoms with Crippen molar-refractivity contribution in [3.63, 3.8) is 0 Å². The molecule has 2 unspecified atom stereocenters. The Bertz CT molecular complexity index is 928. The van der Waals surface area contributed by atoms with Crippen LogP contribution in [0.2, 0.25) is 5.02 Å². The van der Waals surface area contributed by atoms with E-state index in [1.807, 2.05) is 23.9 Å². The van der Waals surface area contributed by atoms with Crippen LogP contribution in [0.25, 0.3) is 11.5 Å². The Labute approximate surface area is 179 Å². The van der Waals surface area contributed by atoms with Gasteiger partial charge in [-0.3, -0.25) is 14.0 Å². The Hall–Kier alpha value is -2.17. The standard InChI is InChI=1S/C18H25ClN8OS/c1-11(10-28-5)27-17(15-6-7-26(4)24-15)22-23-18(27)25-29-13(3)12(2)16-20-8-14(19)9-21-16/h6-9,11-13H,10H2,1-5H3,(H,23,25)/t11-,12?,13?/m0/s1. The average molecular weight is 437 g/mol. The SMILES string of the molecule is COC[C@H](C)n1c(NSC(C)C(C)c2ncc(Cl)cn2)nnc1-c1ccn(C)n1. The first-order valence-corrected chi connectivity index (χ1v) is 10.5. The zero-order valence-electron chi connectivity index (χ0n) is 17.1. The Kier molecular flexibility index (Phi) is 7.09. The maximum absolute atomic E-state index is 5.89. The summed E-state index contributed by atoms with van der Waals surface area (Å²) >= 11 is 7.43. The number of methoxy groups -OCH3 is 1. The Morgan fingerprint density at radius 3 is 2.55 bits per heavy atom. The van der Waals surface area contributed by atoms with Gasteiger partial charge in [-0.1, -0.05) is 25.4 Å². The van der Waals surface area contributed by atoms with Crippen molar-refractivity contribution in [2.24, 2.45) is 7.05 Å². The molecule has 0 aliphatic rings. The highest BCUT2D eigenvalue weighted by molar-refractivity contribution is 8.01. The fraction of sp³-hybridized carbons (Fsp3) is 0.500. The molecule has 0 amide bonds. The third kappa shape index (κ3) is 5.06. The molecular formula is C18H25ClN8OS. The topological polar surface area (TPSA) is 95.6 Å². The molecular weight excluding hydrogens is 412 g/mol. The summed E-state index contributed by atoms with van der Waals surface area (Å²) in [6.45, 7) is 6.78. The predicted octanol–water partition coefficient (Wildman–Crippen LogP) is 3.58. The van der Waals surface area contributed by atoms with Crippen molar-refractivity contribution in [2.45, 2.75) is 38.0 Å². The molecule has 1 N–H and O–H groups in total. The second kappa shape index (κ2) is 9.55. The van der Waals surface area contributed by atoms with Crippen LogP contribution >= 0.6 is 23.5 Å². The molecule has 3 aromatic rings. The van der Waals surface area contributed by atoms with E-state index in [1.165, 1.54) is 0 Å². The molecule has 3 aromatic heterocycles. The summed E-state index contributed by atoms with van der Waals surface area (Å²) in [4.78, 5) is 8.65. The summed E-state index contributed by atoms with van der Waals surface area (Å²) in [6.07, 6.45) is 5.12. The largest absolute Gasteiger partial charge is 0.383 e. The molecule has 0 aromatic carbocycles. The lowest BCUT2D eigenvalue weighted by Gasteiger charge is -2.20. The van der Waals surface area contributed by atoms with Crippen LogP contribution in [0.4, 0.5) is 5.95 Å². The smallest absolute Gasteiger partial charge is 0.235 e. The number of hydrogen-bond donors (Lipinski definition) is 1. The highest BCUT2D eigenvalue weighted by Gasteiger charge is 2.23. The second-order valence-electron chi connectivity index (χ2n) is 6.87. The molecule has 0 radical (unpaired) electrons. The molecule has 11 heteroatoms. The van der Waals surface area contributed by atoms with Crippen molar-refractivity contribution in [1.82, 2.24) is 34.5 Å². The first kappa shape index (κ1) is 21.5. The molecule has 9 nitrogen and oxygen atoms in total. The lowest BCUT2D eigenvalue weighted by atomic mass is 10.1. The maximum atomic E-state index is 5.89. The first-order chi connectivity index (χ1) is 13.9. The van der Waals surface area contributed by atoms with Crippen LogP contribution in [0.1, 0.15) is 38.6 Å². The van der Waals surface area contributed by atoms with Crippen LogP contribution in [0, 0.1) is 0 Å². The fourth-order valence-corrected chi connectivity index (χ4v) is 3.67. The number of hydrogen-bond acceptors (Lipinski definition) is 8. The quantitative estimate of drug-likeness (QED) is 0.508. The normalized spacial score (nSPS) is 14.6. The van der Waals surface area contributed by atoms with Crippen molar-refractivity contribution in [3.05, 3.63) is 35.5 Å². The summed E-state index contributed by atoms with van der Waals surface area (Å²) < 4.78 is 12.4. The molecule has 3 heterocycles. The lowest BCUT2D eigenvalue weighted by Crippen LogP contribution is -2.17. The van der Waals surface area contributed by atoms with E-state index in [9.17, 15) is 0 Å². The maximum Gasteiger partial charge on any atom is 0.235 e. The van der Waals surface area contributed by atoms with Gasteiger partial charge in [0.25, 0.3) is 0 Å². The molecule has 29 heavy (non-hydrogen) atoms. The van der Waals surface area contributed by atoms with E-state index in [0.29, 0.717) is 23.4 Å². The molecule has 156 valence electrons. The zero-order chi connectivity index (χ0) is 21.0. The second-order valence-corrected chi connectivity index (χ2v) is 8.49. The highest BCUT2D eigenvalue weighted by atomic mass is 35.5. The fourth-order valence-electron chi connectivity index (χ4n) is 2.82. The van der Waals surface area contributed by atoms with Gasteiger partial charge in [-0.25, -0.2) is 9.97 Å². The number of ether oxygens (including phenoxy) is 1. The number of aromatic nitrogens is 7. The number of nitrogens with one attached hydrogen (secondary N) is 1. The van der Waals surface area contributed by atoms with E-state index in [2.05, 4.69) is 50.8 Å². The number of anilines is 1. The van der Waals surface area contributed by atoms with Crippen LogP contribution in [0.3, 0.4) is 0 Å². The minimum absolute atomic E-state index is 0.0300. The van der Waals surface area contributed by atoms with Crippen molar-refractivity contribution in [1.29, 1.82) is 0 Å². The summed E-state index contributed by atoms with van der Waals surface area (Å²) in [7, 11) is 3.55. The number of aryl methyl sites for hydroxylation is 1. The Morgan fingerprint density at radius 1 is 1.21 bits per heavy atom. The summed E-state index contributed by atoms with van der Waals surface area (Å²) in [5.41, 5.74) is 0.761. The van der Waals surface area contributed by atoms with Gasteiger partial charge < -0.3 is 4.74 Å². The van der Waals surface area contributed by atoms with Gasteiger partial charge >= 0.3 is 0 Å². The molecule has 0 bridgehead atoms. The number of halogens is 1. The average Bonchev–Trinajstić information content (AvgIpc) is 3.32. The minimum atomic E-state index is 0.0300. The molecule has 0 aliphatic heterocycles. The molecule has 0 fully saturated rings. The van der Waals surface area contributed by atoms with Crippen LogP contribution in [-0.4, -0.2) is 53.5 Å². The molecule has 0 saturated heterocycles. The van der Waals surface area contributed by atoms with E-state index in [0.717, 1.165) is 11.5 Å². The van der Waals surface area contributed by atoms with Gasteiger partial charge in [0.2, 0.25) is 5.95 Å². The van der Waals surface area contributed by atoms with E-state index in [1.54, 1.807) is 36.1 Å². The highest BCUT2D eigenvalue weighted by Crippen LogP contribution is 2.30. The first-order valence-electron chi connectivity index (χ1n) is 9.23. The molecule has 3 atom stereocenters. The number of nitrogens with zero attached hydrogens (tertiary/aromatic N) is 7. The Morgan fingerprint density at radius 2 is 1.93 bits per heavy atom. The van der Waals surface area contributed by atoms with Crippen LogP contribution in [0.15, 0.2) is 24.7 Å². The molecule has 0 spiro atoms. The number of rotatable bonds is 9. The van der Waals surface area contributed by atoms with Crippen molar-refractivity contribution >= 4 is 29.5 Å². The van der Waals surface area contributed by atoms with Gasteiger partial charge in [0.1, 0.15) is 11.5 Å². The Balaban J connectivity index is 1.77. The monoisotopic (exact) mass is 436 g/mol. The zero-order valence-corrected chi connectivity index (χ0v) is 18.6. The van der Waals surface area contributed by atoms with E-state index < -0.39 is 0 Å². The van der Waals surface area contributed by atoms with Crippen molar-refractivity contribution in [2.75, 3.05) is 18.4 Å². The van der Waals surface area contributed by atoms with Crippen molar-refractivity contribution < 1.29 is 4.74 Å². The van der Waals surface area contributed by atoms with Gasteiger partial charge in [-0.2, -0.15) is 5.10 Å². The molecule has 3 rings (SSSR count). The van der Waals surface area contributed by atoms with Gasteiger partial charge in [0.05, 0.1) is 17.7 Å². The summed E-state index contributed by atoms with van der Waals surface area (Å²) in [5.74, 6) is 2.21. The van der Waals surface area contributed by atoms with Crippen LogP contribution in [-0.2, 0) is 11.8 Å². The molecule has 0 saturated carbocycles. The van der Waals surface area contributed by atoms with E-state index in [-0.39, 0.29) is 17.2 Å². The van der Waals surface area contributed by atoms with Gasteiger partial charge in [0, 0.05) is 43.9 Å². The summed E-state index contributed by atoms with van der Waals surface area (Å²) in [6, 6.07) is 1.95. The van der Waals surface area contributed by atoms with Crippen LogP contribution < -0.4 is 4.72 Å². The van der Waals surface area contributed by atoms with Gasteiger partial charge in [-0.05, 0) is 24.9 Å². The minimum Gasteiger partial charge on any atom is -0.383 e. The van der Waals surface area contributed by atoms with E-state index >= 15 is 0 Å². The third-order valence-electron chi connectivity index (χ3n) is 4.57. The van der Waals surface area contributed by atoms with Gasteiger partial charge in [-0.15, -0.1) is 10.2 Å². The van der Waals surface area contributed by atoms with Crippen molar-refractivity contribution in [3.8, 4) is 11.5 Å². The predicted molar refractivity (Wildman–Crippen MR) is 115 cm³/mol. The van der Waals surface area contributed by atoms with E-state index in [4.69, 9.17) is 16.3 Å².